The Bertz CT molecular complexity index is 667. The molecule has 1 fully saturated rings. The number of rotatable bonds is 6. The normalized spacial score (nSPS) is 16.0. The smallest absolute Gasteiger partial charge is 0.0635 e. The van der Waals surface area contributed by atoms with E-state index in [4.69, 9.17) is 5.26 Å². The second-order valence-electron chi connectivity index (χ2n) is 6.46. The maximum Gasteiger partial charge on any atom is 0.0635 e. The van der Waals surface area contributed by atoms with Crippen LogP contribution in [0.2, 0.25) is 0 Å². The van der Waals surface area contributed by atoms with E-state index in [1.165, 1.54) is 16.7 Å². The van der Waals surface area contributed by atoms with Crippen molar-refractivity contribution in [1.29, 1.82) is 5.26 Å². The molecule has 3 heteroatoms. The van der Waals surface area contributed by atoms with Crippen LogP contribution >= 0.6 is 0 Å². The standard InChI is InChI=1S/C21H25N3/c22-11-6-12-23-13-15-24(16-14-23)18-21-10-5-4-9-20(21)17-19-7-2-1-3-8-19/h1-5,7-10H,6,12-18H2. The van der Waals surface area contributed by atoms with Crippen molar-refractivity contribution in [3.63, 3.8) is 0 Å². The van der Waals surface area contributed by atoms with Gasteiger partial charge in [0, 0.05) is 45.7 Å². The fourth-order valence-corrected chi connectivity index (χ4v) is 3.32. The predicted molar refractivity (Wildman–Crippen MR) is 97.6 cm³/mol. The summed E-state index contributed by atoms with van der Waals surface area (Å²) in [4.78, 5) is 4.93. The Morgan fingerprint density at radius 1 is 0.792 bits per heavy atom. The molecule has 124 valence electrons. The van der Waals surface area contributed by atoms with Gasteiger partial charge in [0.1, 0.15) is 0 Å². The summed E-state index contributed by atoms with van der Waals surface area (Å²) in [6.45, 7) is 6.26. The molecule has 0 spiro atoms. The third-order valence-corrected chi connectivity index (χ3v) is 4.75. The van der Waals surface area contributed by atoms with Crippen molar-refractivity contribution in [2.24, 2.45) is 0 Å². The molecule has 2 aromatic carbocycles. The zero-order valence-corrected chi connectivity index (χ0v) is 14.2. The highest BCUT2D eigenvalue weighted by atomic mass is 15.3. The van der Waals surface area contributed by atoms with Crippen LogP contribution in [0, 0.1) is 11.3 Å². The maximum atomic E-state index is 8.71. The molecule has 0 amide bonds. The Morgan fingerprint density at radius 3 is 2.12 bits per heavy atom. The molecule has 0 N–H and O–H groups in total. The van der Waals surface area contributed by atoms with Crippen LogP contribution in [-0.2, 0) is 13.0 Å². The molecule has 0 aliphatic carbocycles. The minimum Gasteiger partial charge on any atom is -0.300 e. The van der Waals surface area contributed by atoms with Crippen LogP contribution < -0.4 is 0 Å². The zero-order valence-electron chi connectivity index (χ0n) is 14.2. The lowest BCUT2D eigenvalue weighted by molar-refractivity contribution is 0.129. The Hall–Kier alpha value is -2.15. The van der Waals surface area contributed by atoms with E-state index in [0.29, 0.717) is 6.42 Å². The van der Waals surface area contributed by atoms with Crippen LogP contribution in [0.15, 0.2) is 54.6 Å². The maximum absolute atomic E-state index is 8.71. The molecule has 1 saturated heterocycles. The van der Waals surface area contributed by atoms with E-state index < -0.39 is 0 Å². The van der Waals surface area contributed by atoms with Crippen molar-refractivity contribution >= 4 is 0 Å². The molecule has 1 aliphatic rings. The minimum absolute atomic E-state index is 0.639. The molecule has 24 heavy (non-hydrogen) atoms. The molecule has 0 aromatic heterocycles. The van der Waals surface area contributed by atoms with Crippen molar-refractivity contribution in [3.05, 3.63) is 71.3 Å². The average molecular weight is 319 g/mol. The Morgan fingerprint density at radius 2 is 1.42 bits per heavy atom. The number of piperazine rings is 1. The van der Waals surface area contributed by atoms with E-state index in [1.54, 1.807) is 0 Å². The summed E-state index contributed by atoms with van der Waals surface area (Å²) in [5.41, 5.74) is 4.23. The van der Waals surface area contributed by atoms with Gasteiger partial charge >= 0.3 is 0 Å². The van der Waals surface area contributed by atoms with Crippen LogP contribution in [0.4, 0.5) is 0 Å². The van der Waals surface area contributed by atoms with Gasteiger partial charge in [0.05, 0.1) is 6.07 Å². The molecule has 1 heterocycles. The highest BCUT2D eigenvalue weighted by Gasteiger charge is 2.17. The number of hydrogen-bond acceptors (Lipinski definition) is 3. The highest BCUT2D eigenvalue weighted by Crippen LogP contribution is 2.17. The second kappa shape index (κ2) is 8.63. The molecule has 3 nitrogen and oxygen atoms in total. The molecule has 1 aliphatic heterocycles. The van der Waals surface area contributed by atoms with Gasteiger partial charge < -0.3 is 0 Å². The van der Waals surface area contributed by atoms with Gasteiger partial charge in [0.15, 0.2) is 0 Å². The lowest BCUT2D eigenvalue weighted by Crippen LogP contribution is -2.46. The zero-order chi connectivity index (χ0) is 16.6. The van der Waals surface area contributed by atoms with Crippen molar-refractivity contribution < 1.29 is 0 Å². The van der Waals surface area contributed by atoms with Gasteiger partial charge in [-0.25, -0.2) is 0 Å². The van der Waals surface area contributed by atoms with E-state index in [9.17, 15) is 0 Å². The number of benzene rings is 2. The van der Waals surface area contributed by atoms with Crippen molar-refractivity contribution in [3.8, 4) is 6.07 Å². The summed E-state index contributed by atoms with van der Waals surface area (Å²) < 4.78 is 0. The molecule has 0 atom stereocenters. The Labute approximate surface area is 145 Å². The van der Waals surface area contributed by atoms with E-state index in [0.717, 1.165) is 45.7 Å². The molecule has 3 rings (SSSR count). The summed E-state index contributed by atoms with van der Waals surface area (Å²) in [7, 11) is 0. The van der Waals surface area contributed by atoms with Gasteiger partial charge in [0.25, 0.3) is 0 Å². The van der Waals surface area contributed by atoms with Gasteiger partial charge in [-0.2, -0.15) is 5.26 Å². The van der Waals surface area contributed by atoms with Crippen LogP contribution in [0.3, 0.4) is 0 Å². The summed E-state index contributed by atoms with van der Waals surface area (Å²) in [6, 6.07) is 21.7. The van der Waals surface area contributed by atoms with Crippen LogP contribution in [-0.4, -0.2) is 42.5 Å². The van der Waals surface area contributed by atoms with E-state index >= 15 is 0 Å². The van der Waals surface area contributed by atoms with Gasteiger partial charge in [-0.1, -0.05) is 54.6 Å². The van der Waals surface area contributed by atoms with Crippen LogP contribution in [0.5, 0.6) is 0 Å². The fraction of sp³-hybridized carbons (Fsp3) is 0.381. The summed E-state index contributed by atoms with van der Waals surface area (Å²) in [5, 5.41) is 8.71. The number of nitrogens with zero attached hydrogens (tertiary/aromatic N) is 3. The number of nitriles is 1. The van der Waals surface area contributed by atoms with Gasteiger partial charge in [0.2, 0.25) is 0 Å². The largest absolute Gasteiger partial charge is 0.300 e. The molecular formula is C21H25N3. The summed E-state index contributed by atoms with van der Waals surface area (Å²) in [5.74, 6) is 0. The first-order valence-electron chi connectivity index (χ1n) is 8.77. The first-order valence-corrected chi connectivity index (χ1v) is 8.77. The molecule has 0 bridgehead atoms. The van der Waals surface area contributed by atoms with E-state index in [2.05, 4.69) is 70.5 Å². The topological polar surface area (TPSA) is 30.3 Å². The van der Waals surface area contributed by atoms with Gasteiger partial charge in [-0.15, -0.1) is 0 Å². The number of hydrogen-bond donors (Lipinski definition) is 0. The van der Waals surface area contributed by atoms with E-state index in [1.807, 2.05) is 0 Å². The molecule has 0 radical (unpaired) electrons. The van der Waals surface area contributed by atoms with Crippen molar-refractivity contribution in [2.45, 2.75) is 19.4 Å². The van der Waals surface area contributed by atoms with Crippen molar-refractivity contribution in [2.75, 3.05) is 32.7 Å². The lowest BCUT2D eigenvalue weighted by Gasteiger charge is -2.34. The third-order valence-electron chi connectivity index (χ3n) is 4.75. The molecular weight excluding hydrogens is 294 g/mol. The monoisotopic (exact) mass is 319 g/mol. The van der Waals surface area contributed by atoms with Crippen LogP contribution in [0.25, 0.3) is 0 Å². The first kappa shape index (κ1) is 16.7. The van der Waals surface area contributed by atoms with Crippen molar-refractivity contribution in [1.82, 2.24) is 9.80 Å². The first-order chi connectivity index (χ1) is 11.8. The Balaban J connectivity index is 1.59. The average Bonchev–Trinajstić information content (AvgIpc) is 2.64. The highest BCUT2D eigenvalue weighted by molar-refractivity contribution is 5.32. The van der Waals surface area contributed by atoms with Gasteiger partial charge in [-0.05, 0) is 23.1 Å². The SMILES string of the molecule is N#CCCN1CCN(Cc2ccccc2Cc2ccccc2)CC1. The summed E-state index contributed by atoms with van der Waals surface area (Å²) in [6.07, 6.45) is 1.64. The predicted octanol–water partition coefficient (Wildman–Crippen LogP) is 3.31. The van der Waals surface area contributed by atoms with Gasteiger partial charge in [-0.3, -0.25) is 9.80 Å². The Kier molecular flexibility index (Phi) is 6.01. The lowest BCUT2D eigenvalue weighted by atomic mass is 9.99. The third kappa shape index (κ3) is 4.67. The summed E-state index contributed by atoms with van der Waals surface area (Å²) >= 11 is 0. The molecule has 0 unspecified atom stereocenters. The second-order valence-corrected chi connectivity index (χ2v) is 6.46. The minimum atomic E-state index is 0.639. The van der Waals surface area contributed by atoms with E-state index in [-0.39, 0.29) is 0 Å². The fourth-order valence-electron chi connectivity index (χ4n) is 3.32. The molecule has 2 aromatic rings. The quantitative estimate of drug-likeness (QED) is 0.818. The molecule has 0 saturated carbocycles. The van der Waals surface area contributed by atoms with Crippen LogP contribution in [0.1, 0.15) is 23.1 Å².